The molecule has 0 aliphatic carbocycles. The molecule has 0 amide bonds. The van der Waals surface area contributed by atoms with Crippen LogP contribution in [0.2, 0.25) is 0 Å². The van der Waals surface area contributed by atoms with Crippen molar-refractivity contribution in [1.82, 2.24) is 0 Å². The van der Waals surface area contributed by atoms with Crippen LogP contribution in [0.3, 0.4) is 0 Å². The van der Waals surface area contributed by atoms with Crippen molar-refractivity contribution < 1.29 is 14.2 Å². The van der Waals surface area contributed by atoms with E-state index in [-0.39, 0.29) is 5.41 Å². The Morgan fingerprint density at radius 1 is 1.21 bits per heavy atom. The summed E-state index contributed by atoms with van der Waals surface area (Å²) in [4.78, 5) is 0. The normalized spacial score (nSPS) is 18.5. The van der Waals surface area contributed by atoms with Crippen LogP contribution in [0.25, 0.3) is 0 Å². The van der Waals surface area contributed by atoms with Crippen molar-refractivity contribution in [2.75, 3.05) is 34.0 Å². The molecule has 1 aliphatic heterocycles. The lowest BCUT2D eigenvalue weighted by Gasteiger charge is -2.36. The zero-order valence-corrected chi connectivity index (χ0v) is 11.9. The highest BCUT2D eigenvalue weighted by Gasteiger charge is 2.32. The molecule has 1 atom stereocenters. The first kappa shape index (κ1) is 14.2. The molecule has 1 aromatic carbocycles. The van der Waals surface area contributed by atoms with E-state index in [1.54, 1.807) is 14.2 Å². The average molecular weight is 265 g/mol. The SMILES string of the molecule is COc1cc(OC)cc(C(C)(CN)CC2COC2)c1. The first-order chi connectivity index (χ1) is 9.11. The van der Waals surface area contributed by atoms with Gasteiger partial charge in [-0.05, 0) is 24.1 Å². The minimum atomic E-state index is -0.0731. The monoisotopic (exact) mass is 265 g/mol. The first-order valence-corrected chi connectivity index (χ1v) is 6.62. The van der Waals surface area contributed by atoms with Crippen LogP contribution in [-0.4, -0.2) is 34.0 Å². The lowest BCUT2D eigenvalue weighted by molar-refractivity contribution is -0.0441. The molecule has 2 N–H and O–H groups in total. The van der Waals surface area contributed by atoms with E-state index in [0.29, 0.717) is 12.5 Å². The molecule has 1 heterocycles. The molecule has 1 aromatic rings. The quantitative estimate of drug-likeness (QED) is 0.854. The lowest BCUT2D eigenvalue weighted by Crippen LogP contribution is -2.39. The fourth-order valence-electron chi connectivity index (χ4n) is 2.51. The number of hydrogen-bond acceptors (Lipinski definition) is 4. The molecule has 1 saturated heterocycles. The fraction of sp³-hybridized carbons (Fsp3) is 0.600. The third kappa shape index (κ3) is 3.01. The summed E-state index contributed by atoms with van der Waals surface area (Å²) >= 11 is 0. The third-order valence-electron chi connectivity index (χ3n) is 3.95. The molecule has 106 valence electrons. The highest BCUT2D eigenvalue weighted by molar-refractivity contribution is 5.42. The molecule has 2 rings (SSSR count). The minimum Gasteiger partial charge on any atom is -0.497 e. The van der Waals surface area contributed by atoms with Gasteiger partial charge in [0, 0.05) is 23.9 Å². The molecule has 4 heteroatoms. The van der Waals surface area contributed by atoms with Gasteiger partial charge < -0.3 is 19.9 Å². The molecule has 0 radical (unpaired) electrons. The molecule has 0 saturated carbocycles. The van der Waals surface area contributed by atoms with Gasteiger partial charge in [0.2, 0.25) is 0 Å². The zero-order valence-electron chi connectivity index (χ0n) is 11.9. The number of benzene rings is 1. The Labute approximate surface area is 114 Å². The molecule has 0 aromatic heterocycles. The van der Waals surface area contributed by atoms with Gasteiger partial charge >= 0.3 is 0 Å². The van der Waals surface area contributed by atoms with Crippen molar-refractivity contribution in [3.63, 3.8) is 0 Å². The van der Waals surface area contributed by atoms with Crippen LogP contribution < -0.4 is 15.2 Å². The maximum atomic E-state index is 6.03. The van der Waals surface area contributed by atoms with Gasteiger partial charge in [-0.1, -0.05) is 6.92 Å². The molecule has 0 spiro atoms. The second kappa shape index (κ2) is 5.80. The minimum absolute atomic E-state index is 0.0731. The van der Waals surface area contributed by atoms with E-state index in [0.717, 1.165) is 36.7 Å². The number of nitrogens with two attached hydrogens (primary N) is 1. The highest BCUT2D eigenvalue weighted by atomic mass is 16.5. The van der Waals surface area contributed by atoms with Crippen LogP contribution in [-0.2, 0) is 10.2 Å². The van der Waals surface area contributed by atoms with Gasteiger partial charge in [-0.25, -0.2) is 0 Å². The van der Waals surface area contributed by atoms with Gasteiger partial charge in [-0.2, -0.15) is 0 Å². The zero-order chi connectivity index (χ0) is 13.9. The summed E-state index contributed by atoms with van der Waals surface area (Å²) in [5, 5.41) is 0. The Morgan fingerprint density at radius 3 is 2.16 bits per heavy atom. The molecule has 1 aliphatic rings. The summed E-state index contributed by atoms with van der Waals surface area (Å²) in [6, 6.07) is 5.98. The van der Waals surface area contributed by atoms with Gasteiger partial charge in [0.05, 0.1) is 27.4 Å². The maximum Gasteiger partial charge on any atom is 0.122 e. The van der Waals surface area contributed by atoms with E-state index in [1.165, 1.54) is 0 Å². The van der Waals surface area contributed by atoms with Crippen LogP contribution in [0, 0.1) is 5.92 Å². The van der Waals surface area contributed by atoms with Crippen molar-refractivity contribution in [2.45, 2.75) is 18.8 Å². The largest absolute Gasteiger partial charge is 0.497 e. The van der Waals surface area contributed by atoms with Gasteiger partial charge in [0.15, 0.2) is 0 Å². The summed E-state index contributed by atoms with van der Waals surface area (Å²) in [5.41, 5.74) is 7.12. The number of ether oxygens (including phenoxy) is 3. The molecular formula is C15H23NO3. The van der Waals surface area contributed by atoms with E-state index in [2.05, 4.69) is 19.1 Å². The Bertz CT molecular complexity index is 409. The lowest BCUT2D eigenvalue weighted by atomic mass is 9.74. The Morgan fingerprint density at radius 2 is 1.79 bits per heavy atom. The third-order valence-corrected chi connectivity index (χ3v) is 3.95. The molecular weight excluding hydrogens is 242 g/mol. The summed E-state index contributed by atoms with van der Waals surface area (Å²) in [5.74, 6) is 2.21. The van der Waals surface area contributed by atoms with Crippen LogP contribution in [0.1, 0.15) is 18.9 Å². The van der Waals surface area contributed by atoms with Crippen molar-refractivity contribution in [3.05, 3.63) is 23.8 Å². The fourth-order valence-corrected chi connectivity index (χ4v) is 2.51. The Balaban J connectivity index is 2.29. The Kier molecular flexibility index (Phi) is 4.32. The number of methoxy groups -OCH3 is 2. The van der Waals surface area contributed by atoms with Crippen molar-refractivity contribution >= 4 is 0 Å². The molecule has 19 heavy (non-hydrogen) atoms. The number of rotatable bonds is 6. The second-order valence-electron chi connectivity index (χ2n) is 5.47. The standard InChI is InChI=1S/C15H23NO3/c1-15(10-16,7-11-8-19-9-11)12-4-13(17-2)6-14(5-12)18-3/h4-6,11H,7-10,16H2,1-3H3. The van der Waals surface area contributed by atoms with E-state index >= 15 is 0 Å². The summed E-state index contributed by atoms with van der Waals surface area (Å²) < 4.78 is 15.9. The summed E-state index contributed by atoms with van der Waals surface area (Å²) in [7, 11) is 3.33. The van der Waals surface area contributed by atoms with Crippen molar-refractivity contribution in [3.8, 4) is 11.5 Å². The van der Waals surface area contributed by atoms with Crippen LogP contribution in [0.5, 0.6) is 11.5 Å². The van der Waals surface area contributed by atoms with Gasteiger partial charge in [0.25, 0.3) is 0 Å². The average Bonchev–Trinajstić information content (AvgIpc) is 2.42. The topological polar surface area (TPSA) is 53.7 Å². The van der Waals surface area contributed by atoms with Gasteiger partial charge in [-0.3, -0.25) is 0 Å². The van der Waals surface area contributed by atoms with E-state index < -0.39 is 0 Å². The summed E-state index contributed by atoms with van der Waals surface area (Å²) in [6.07, 6.45) is 1.03. The maximum absolute atomic E-state index is 6.03. The highest BCUT2D eigenvalue weighted by Crippen LogP contribution is 2.36. The van der Waals surface area contributed by atoms with Gasteiger partial charge in [-0.15, -0.1) is 0 Å². The van der Waals surface area contributed by atoms with E-state index in [9.17, 15) is 0 Å². The molecule has 0 bridgehead atoms. The van der Waals surface area contributed by atoms with Crippen molar-refractivity contribution in [2.24, 2.45) is 11.7 Å². The molecule has 4 nitrogen and oxygen atoms in total. The van der Waals surface area contributed by atoms with E-state index in [1.807, 2.05) is 6.07 Å². The second-order valence-corrected chi connectivity index (χ2v) is 5.47. The Hall–Kier alpha value is -1.26. The molecule has 1 unspecified atom stereocenters. The van der Waals surface area contributed by atoms with Crippen LogP contribution in [0.4, 0.5) is 0 Å². The molecule has 1 fully saturated rings. The van der Waals surface area contributed by atoms with Crippen molar-refractivity contribution in [1.29, 1.82) is 0 Å². The van der Waals surface area contributed by atoms with Crippen LogP contribution >= 0.6 is 0 Å². The van der Waals surface area contributed by atoms with Gasteiger partial charge in [0.1, 0.15) is 11.5 Å². The van der Waals surface area contributed by atoms with E-state index in [4.69, 9.17) is 19.9 Å². The first-order valence-electron chi connectivity index (χ1n) is 6.62. The predicted octanol–water partition coefficient (Wildman–Crippen LogP) is 1.96. The predicted molar refractivity (Wildman–Crippen MR) is 74.9 cm³/mol. The van der Waals surface area contributed by atoms with Crippen LogP contribution in [0.15, 0.2) is 18.2 Å². The number of hydrogen-bond donors (Lipinski definition) is 1. The smallest absolute Gasteiger partial charge is 0.122 e. The summed E-state index contributed by atoms with van der Waals surface area (Å²) in [6.45, 7) is 4.48.